The molecule has 0 aromatic heterocycles. The van der Waals surface area contributed by atoms with Crippen LogP contribution in [0.25, 0.3) is 11.1 Å². The predicted molar refractivity (Wildman–Crippen MR) is 80.9 cm³/mol. The van der Waals surface area contributed by atoms with E-state index in [4.69, 9.17) is 10.5 Å². The quantitative estimate of drug-likeness (QED) is 0.904. The van der Waals surface area contributed by atoms with Gasteiger partial charge in [-0.3, -0.25) is 4.79 Å². The van der Waals surface area contributed by atoms with E-state index in [1.807, 2.05) is 36.4 Å². The molecule has 0 heterocycles. The van der Waals surface area contributed by atoms with Crippen LogP contribution in [0.1, 0.15) is 29.3 Å². The third-order valence-electron chi connectivity index (χ3n) is 3.29. The third kappa shape index (κ3) is 2.67. The highest BCUT2D eigenvalue weighted by Crippen LogP contribution is 2.36. The van der Waals surface area contributed by atoms with Crippen molar-refractivity contribution >= 4 is 5.91 Å². The number of amides is 1. The molecule has 2 rings (SSSR count). The molecule has 2 aromatic carbocycles. The van der Waals surface area contributed by atoms with Gasteiger partial charge in [0, 0.05) is 5.56 Å². The van der Waals surface area contributed by atoms with Crippen LogP contribution in [-0.4, -0.2) is 13.0 Å². The average molecular weight is 269 g/mol. The molecule has 0 aliphatic rings. The van der Waals surface area contributed by atoms with Gasteiger partial charge in [0.05, 0.1) is 12.7 Å². The fourth-order valence-electron chi connectivity index (χ4n) is 2.42. The van der Waals surface area contributed by atoms with Gasteiger partial charge in [-0.05, 0) is 23.6 Å². The number of carbonyl (C=O) groups is 1. The lowest BCUT2D eigenvalue weighted by molar-refractivity contribution is 0.100. The summed E-state index contributed by atoms with van der Waals surface area (Å²) in [5.74, 6) is 0.305. The Labute approximate surface area is 119 Å². The molecule has 0 unspecified atom stereocenters. The van der Waals surface area contributed by atoms with Crippen LogP contribution in [0.15, 0.2) is 42.5 Å². The molecule has 0 bridgehead atoms. The number of primary amides is 1. The number of rotatable bonds is 5. The molecule has 0 saturated carbocycles. The predicted octanol–water partition coefficient (Wildman–Crippen LogP) is 3.41. The normalized spacial score (nSPS) is 10.3. The average Bonchev–Trinajstić information content (AvgIpc) is 2.47. The monoisotopic (exact) mass is 269 g/mol. The first-order valence-corrected chi connectivity index (χ1v) is 6.74. The lowest BCUT2D eigenvalue weighted by Crippen LogP contribution is -2.13. The van der Waals surface area contributed by atoms with Crippen molar-refractivity contribution in [1.82, 2.24) is 0 Å². The zero-order valence-corrected chi connectivity index (χ0v) is 11.8. The Balaban J connectivity index is 2.72. The van der Waals surface area contributed by atoms with E-state index in [9.17, 15) is 4.79 Å². The van der Waals surface area contributed by atoms with E-state index in [0.717, 1.165) is 35.3 Å². The second kappa shape index (κ2) is 6.24. The second-order valence-corrected chi connectivity index (χ2v) is 4.66. The number of methoxy groups -OCH3 is 1. The van der Waals surface area contributed by atoms with E-state index in [1.54, 1.807) is 13.2 Å². The first kappa shape index (κ1) is 14.1. The van der Waals surface area contributed by atoms with Crippen molar-refractivity contribution in [3.05, 3.63) is 53.6 Å². The Hall–Kier alpha value is -2.29. The minimum atomic E-state index is -0.440. The number of nitrogens with two attached hydrogens (primary N) is 1. The van der Waals surface area contributed by atoms with Gasteiger partial charge in [-0.15, -0.1) is 0 Å². The molecule has 0 radical (unpaired) electrons. The van der Waals surface area contributed by atoms with E-state index in [-0.39, 0.29) is 0 Å². The van der Waals surface area contributed by atoms with Crippen molar-refractivity contribution in [2.75, 3.05) is 7.11 Å². The summed E-state index contributed by atoms with van der Waals surface area (Å²) in [6, 6.07) is 13.4. The summed E-state index contributed by atoms with van der Waals surface area (Å²) < 4.78 is 5.57. The molecular formula is C17H19NO2. The van der Waals surface area contributed by atoms with Crippen LogP contribution in [0.5, 0.6) is 5.75 Å². The van der Waals surface area contributed by atoms with Gasteiger partial charge in [0.15, 0.2) is 0 Å². The van der Waals surface area contributed by atoms with Crippen molar-refractivity contribution in [2.24, 2.45) is 5.73 Å². The first-order chi connectivity index (χ1) is 9.69. The Morgan fingerprint density at radius 2 is 1.85 bits per heavy atom. The molecule has 2 N–H and O–H groups in total. The Morgan fingerprint density at radius 3 is 2.40 bits per heavy atom. The Bertz CT molecular complexity index is 606. The lowest BCUT2D eigenvalue weighted by atomic mass is 9.94. The molecule has 20 heavy (non-hydrogen) atoms. The van der Waals surface area contributed by atoms with Crippen LogP contribution in [0.2, 0.25) is 0 Å². The zero-order valence-electron chi connectivity index (χ0n) is 11.8. The summed E-state index contributed by atoms with van der Waals surface area (Å²) in [4.78, 5) is 11.7. The number of carbonyl (C=O) groups excluding carboxylic acids is 1. The van der Waals surface area contributed by atoms with Crippen LogP contribution < -0.4 is 10.5 Å². The van der Waals surface area contributed by atoms with Crippen molar-refractivity contribution in [1.29, 1.82) is 0 Å². The molecule has 1 amide bonds. The van der Waals surface area contributed by atoms with Crippen LogP contribution in [0, 0.1) is 0 Å². The topological polar surface area (TPSA) is 52.3 Å². The number of benzene rings is 2. The van der Waals surface area contributed by atoms with E-state index >= 15 is 0 Å². The van der Waals surface area contributed by atoms with Crippen LogP contribution in [-0.2, 0) is 6.42 Å². The first-order valence-electron chi connectivity index (χ1n) is 6.74. The number of hydrogen-bond acceptors (Lipinski definition) is 2. The SMILES string of the molecule is CCCc1ccc(C(N)=O)c(-c2ccccc2)c1OC. The van der Waals surface area contributed by atoms with Crippen LogP contribution >= 0.6 is 0 Å². The lowest BCUT2D eigenvalue weighted by Gasteiger charge is -2.16. The maximum Gasteiger partial charge on any atom is 0.249 e. The molecule has 2 aromatic rings. The Morgan fingerprint density at radius 1 is 1.15 bits per heavy atom. The minimum absolute atomic E-state index is 0.440. The maximum atomic E-state index is 11.7. The molecule has 0 aliphatic heterocycles. The summed E-state index contributed by atoms with van der Waals surface area (Å²) in [5, 5.41) is 0. The van der Waals surface area contributed by atoms with E-state index in [0.29, 0.717) is 5.56 Å². The fraction of sp³-hybridized carbons (Fsp3) is 0.235. The number of ether oxygens (including phenoxy) is 1. The minimum Gasteiger partial charge on any atom is -0.496 e. The van der Waals surface area contributed by atoms with Gasteiger partial charge in [-0.2, -0.15) is 0 Å². The third-order valence-corrected chi connectivity index (χ3v) is 3.29. The largest absolute Gasteiger partial charge is 0.496 e. The summed E-state index contributed by atoms with van der Waals surface area (Å²) in [5.41, 5.74) is 8.82. The van der Waals surface area contributed by atoms with Gasteiger partial charge in [0.2, 0.25) is 5.91 Å². The summed E-state index contributed by atoms with van der Waals surface area (Å²) in [7, 11) is 1.63. The molecule has 0 spiro atoms. The van der Waals surface area contributed by atoms with Gasteiger partial charge in [-0.25, -0.2) is 0 Å². The van der Waals surface area contributed by atoms with E-state index in [2.05, 4.69) is 6.92 Å². The van der Waals surface area contributed by atoms with Crippen molar-refractivity contribution in [2.45, 2.75) is 19.8 Å². The fourth-order valence-corrected chi connectivity index (χ4v) is 2.42. The van der Waals surface area contributed by atoms with Crippen molar-refractivity contribution in [3.63, 3.8) is 0 Å². The van der Waals surface area contributed by atoms with Gasteiger partial charge in [-0.1, -0.05) is 49.7 Å². The smallest absolute Gasteiger partial charge is 0.249 e. The van der Waals surface area contributed by atoms with Crippen molar-refractivity contribution in [3.8, 4) is 16.9 Å². The molecule has 0 atom stereocenters. The summed E-state index contributed by atoms with van der Waals surface area (Å²) in [6.07, 6.45) is 1.92. The summed E-state index contributed by atoms with van der Waals surface area (Å²) >= 11 is 0. The summed E-state index contributed by atoms with van der Waals surface area (Å²) in [6.45, 7) is 2.11. The molecule has 0 saturated heterocycles. The van der Waals surface area contributed by atoms with E-state index < -0.39 is 5.91 Å². The number of aryl methyl sites for hydroxylation is 1. The molecule has 3 nitrogen and oxygen atoms in total. The van der Waals surface area contributed by atoms with Crippen molar-refractivity contribution < 1.29 is 9.53 Å². The molecule has 0 fully saturated rings. The number of hydrogen-bond donors (Lipinski definition) is 1. The van der Waals surface area contributed by atoms with E-state index in [1.165, 1.54) is 0 Å². The molecular weight excluding hydrogens is 250 g/mol. The van der Waals surface area contributed by atoms with Gasteiger partial charge < -0.3 is 10.5 Å². The highest BCUT2D eigenvalue weighted by Gasteiger charge is 2.18. The van der Waals surface area contributed by atoms with Crippen LogP contribution in [0.3, 0.4) is 0 Å². The molecule has 0 aliphatic carbocycles. The standard InChI is InChI=1S/C17H19NO2/c1-3-7-13-10-11-14(17(18)19)15(16(13)20-2)12-8-5-4-6-9-12/h4-6,8-11H,3,7H2,1-2H3,(H2,18,19). The molecule has 104 valence electrons. The highest BCUT2D eigenvalue weighted by molar-refractivity contribution is 6.01. The highest BCUT2D eigenvalue weighted by atomic mass is 16.5. The second-order valence-electron chi connectivity index (χ2n) is 4.66. The zero-order chi connectivity index (χ0) is 14.5. The van der Waals surface area contributed by atoms with Gasteiger partial charge in [0.1, 0.15) is 5.75 Å². The van der Waals surface area contributed by atoms with Gasteiger partial charge >= 0.3 is 0 Å². The van der Waals surface area contributed by atoms with Gasteiger partial charge in [0.25, 0.3) is 0 Å². The Kier molecular flexibility index (Phi) is 4.41. The maximum absolute atomic E-state index is 11.7. The van der Waals surface area contributed by atoms with Crippen LogP contribution in [0.4, 0.5) is 0 Å². The molecule has 3 heteroatoms.